The Morgan fingerprint density at radius 2 is 2.00 bits per heavy atom. The van der Waals surface area contributed by atoms with E-state index in [1.807, 2.05) is 42.5 Å². The van der Waals surface area contributed by atoms with Crippen LogP contribution in [0.1, 0.15) is 18.4 Å². The molecule has 7 heteroatoms. The molecule has 5 nitrogen and oxygen atoms in total. The van der Waals surface area contributed by atoms with Crippen LogP contribution in [0.25, 0.3) is 0 Å². The second kappa shape index (κ2) is 9.21. The van der Waals surface area contributed by atoms with Gasteiger partial charge in [0.15, 0.2) is 0 Å². The lowest BCUT2D eigenvalue weighted by atomic mass is 10.1. The lowest BCUT2D eigenvalue weighted by Gasteiger charge is -2.31. The average Bonchev–Trinajstić information content (AvgIpc) is 2.60. The van der Waals surface area contributed by atoms with Gasteiger partial charge in [0.25, 0.3) is 0 Å². The van der Waals surface area contributed by atoms with E-state index in [1.165, 1.54) is 5.56 Å². The predicted octanol–water partition coefficient (Wildman–Crippen LogP) is 3.47. The summed E-state index contributed by atoms with van der Waals surface area (Å²) in [5, 5.41) is 9.14. The van der Waals surface area contributed by atoms with Crippen molar-refractivity contribution in [3.63, 3.8) is 0 Å². The van der Waals surface area contributed by atoms with Gasteiger partial charge in [-0.1, -0.05) is 52.3 Å². The fraction of sp³-hybridized carbons (Fsp3) is 0.263. The number of halogens is 1. The van der Waals surface area contributed by atoms with Crippen molar-refractivity contribution in [2.45, 2.75) is 30.1 Å². The van der Waals surface area contributed by atoms with Crippen molar-refractivity contribution in [1.82, 2.24) is 10.6 Å². The minimum absolute atomic E-state index is 0.0328. The van der Waals surface area contributed by atoms with E-state index in [0.717, 1.165) is 15.9 Å². The first-order valence-corrected chi connectivity index (χ1v) is 10.2. The van der Waals surface area contributed by atoms with E-state index in [9.17, 15) is 9.59 Å². The van der Waals surface area contributed by atoms with Crippen molar-refractivity contribution in [1.29, 1.82) is 0 Å². The number of amides is 2. The molecule has 0 bridgehead atoms. The quantitative estimate of drug-likeness (QED) is 0.651. The minimum Gasteiger partial charge on any atom is -0.332 e. The van der Waals surface area contributed by atoms with Gasteiger partial charge < -0.3 is 10.6 Å². The van der Waals surface area contributed by atoms with Crippen LogP contribution in [0, 0.1) is 0 Å². The third kappa shape index (κ3) is 5.86. The largest absolute Gasteiger partial charge is 0.332 e. The van der Waals surface area contributed by atoms with E-state index in [4.69, 9.17) is 0 Å². The van der Waals surface area contributed by atoms with Gasteiger partial charge in [0, 0.05) is 34.8 Å². The Bertz CT molecular complexity index is 772. The lowest BCUT2D eigenvalue weighted by molar-refractivity contribution is -0.124. The summed E-state index contributed by atoms with van der Waals surface area (Å²) < 4.78 is 0.905. The van der Waals surface area contributed by atoms with Gasteiger partial charge in [-0.3, -0.25) is 14.9 Å². The first kappa shape index (κ1) is 18.9. The summed E-state index contributed by atoms with van der Waals surface area (Å²) >= 11 is 4.99. The minimum atomic E-state index is -0.194. The molecule has 2 aromatic carbocycles. The Balaban J connectivity index is 1.51. The Morgan fingerprint density at radius 3 is 2.77 bits per heavy atom. The zero-order chi connectivity index (χ0) is 18.4. The Morgan fingerprint density at radius 1 is 1.19 bits per heavy atom. The molecule has 136 valence electrons. The average molecular weight is 434 g/mol. The number of anilines is 1. The number of carbonyl (C=O) groups excluding carboxylic acids is 2. The van der Waals surface area contributed by atoms with Crippen molar-refractivity contribution in [3.05, 3.63) is 64.6 Å². The zero-order valence-electron chi connectivity index (χ0n) is 14.1. The summed E-state index contributed by atoms with van der Waals surface area (Å²) in [6, 6.07) is 17.4. The molecule has 1 heterocycles. The monoisotopic (exact) mass is 433 g/mol. The molecular weight excluding hydrogens is 414 g/mol. The molecule has 1 saturated heterocycles. The van der Waals surface area contributed by atoms with Gasteiger partial charge in [0.05, 0.1) is 0 Å². The van der Waals surface area contributed by atoms with Crippen molar-refractivity contribution in [2.75, 3.05) is 5.32 Å². The van der Waals surface area contributed by atoms with Crippen LogP contribution in [-0.4, -0.2) is 23.4 Å². The molecule has 3 rings (SSSR count). The Hall–Kier alpha value is -1.83. The number of rotatable bonds is 6. The first-order chi connectivity index (χ1) is 12.6. The summed E-state index contributed by atoms with van der Waals surface area (Å²) in [6.07, 6.45) is 0.552. The van der Waals surface area contributed by atoms with E-state index in [0.29, 0.717) is 6.42 Å². The van der Waals surface area contributed by atoms with Crippen LogP contribution in [-0.2, 0) is 15.3 Å². The van der Waals surface area contributed by atoms with E-state index in [-0.39, 0.29) is 29.8 Å². The van der Waals surface area contributed by atoms with Crippen LogP contribution in [0.4, 0.5) is 5.69 Å². The number of carbonyl (C=O) groups is 2. The van der Waals surface area contributed by atoms with Crippen LogP contribution < -0.4 is 16.0 Å². The van der Waals surface area contributed by atoms with Gasteiger partial charge in [0.1, 0.15) is 5.50 Å². The number of nitrogens with one attached hydrogen (secondary N) is 3. The molecule has 3 N–H and O–H groups in total. The van der Waals surface area contributed by atoms with Gasteiger partial charge in [-0.2, -0.15) is 0 Å². The molecule has 1 aliphatic rings. The van der Waals surface area contributed by atoms with Crippen molar-refractivity contribution < 1.29 is 9.59 Å². The SMILES string of the molecule is O=C(CC1CC(=O)NC(SCc2ccccc2)N1)Nc1cccc(Br)c1. The van der Waals surface area contributed by atoms with Gasteiger partial charge in [-0.05, 0) is 23.8 Å². The molecule has 2 amide bonds. The van der Waals surface area contributed by atoms with Crippen LogP contribution in [0.5, 0.6) is 0 Å². The molecular formula is C19H20BrN3O2S. The fourth-order valence-corrected chi connectivity index (χ4v) is 4.17. The fourth-order valence-electron chi connectivity index (χ4n) is 2.72. The molecule has 0 spiro atoms. The molecule has 0 saturated carbocycles. The zero-order valence-corrected chi connectivity index (χ0v) is 16.5. The van der Waals surface area contributed by atoms with Crippen molar-refractivity contribution in [2.24, 2.45) is 0 Å². The molecule has 2 unspecified atom stereocenters. The summed E-state index contributed by atoms with van der Waals surface area (Å²) in [6.45, 7) is 0. The highest BCUT2D eigenvalue weighted by atomic mass is 79.9. The number of benzene rings is 2. The van der Waals surface area contributed by atoms with Crippen molar-refractivity contribution in [3.8, 4) is 0 Å². The van der Waals surface area contributed by atoms with E-state index < -0.39 is 0 Å². The number of hydrogen-bond donors (Lipinski definition) is 3. The topological polar surface area (TPSA) is 70.2 Å². The van der Waals surface area contributed by atoms with Gasteiger partial charge >= 0.3 is 0 Å². The summed E-state index contributed by atoms with van der Waals surface area (Å²) in [7, 11) is 0. The lowest BCUT2D eigenvalue weighted by Crippen LogP contribution is -2.55. The summed E-state index contributed by atoms with van der Waals surface area (Å²) in [4.78, 5) is 24.3. The van der Waals surface area contributed by atoms with Crippen LogP contribution in [0.2, 0.25) is 0 Å². The highest BCUT2D eigenvalue weighted by Gasteiger charge is 2.27. The summed E-state index contributed by atoms with van der Waals surface area (Å²) in [5.41, 5.74) is 1.74. The molecule has 2 aromatic rings. The van der Waals surface area contributed by atoms with Gasteiger partial charge in [0.2, 0.25) is 11.8 Å². The van der Waals surface area contributed by atoms with E-state index in [1.54, 1.807) is 11.8 Å². The third-order valence-corrected chi connectivity index (χ3v) is 5.49. The Kier molecular flexibility index (Phi) is 6.71. The molecule has 0 aliphatic carbocycles. The second-order valence-electron chi connectivity index (χ2n) is 6.07. The Labute approximate surface area is 165 Å². The smallest absolute Gasteiger partial charge is 0.225 e. The first-order valence-electron chi connectivity index (χ1n) is 8.35. The number of thioether (sulfide) groups is 1. The maximum Gasteiger partial charge on any atom is 0.225 e. The molecule has 0 aromatic heterocycles. The maximum atomic E-state index is 12.3. The molecule has 0 radical (unpaired) electrons. The van der Waals surface area contributed by atoms with E-state index >= 15 is 0 Å². The maximum absolute atomic E-state index is 12.3. The molecule has 2 atom stereocenters. The number of hydrogen-bond acceptors (Lipinski definition) is 4. The van der Waals surface area contributed by atoms with E-state index in [2.05, 4.69) is 44.0 Å². The predicted molar refractivity (Wildman–Crippen MR) is 109 cm³/mol. The standard InChI is InChI=1S/C19H20BrN3O2S/c20-14-7-4-8-15(9-14)21-17(24)10-16-11-18(25)23-19(22-16)26-12-13-5-2-1-3-6-13/h1-9,16,19,22H,10-12H2,(H,21,24)(H,23,25). The highest BCUT2D eigenvalue weighted by Crippen LogP contribution is 2.20. The summed E-state index contributed by atoms with van der Waals surface area (Å²) in [5.74, 6) is 0.645. The normalized spacial score (nSPS) is 19.7. The molecule has 26 heavy (non-hydrogen) atoms. The van der Waals surface area contributed by atoms with Crippen LogP contribution in [0.3, 0.4) is 0 Å². The van der Waals surface area contributed by atoms with Crippen LogP contribution in [0.15, 0.2) is 59.1 Å². The van der Waals surface area contributed by atoms with Gasteiger partial charge in [-0.15, -0.1) is 11.8 Å². The van der Waals surface area contributed by atoms with Crippen LogP contribution >= 0.6 is 27.7 Å². The van der Waals surface area contributed by atoms with Crippen molar-refractivity contribution >= 4 is 45.2 Å². The molecule has 1 aliphatic heterocycles. The van der Waals surface area contributed by atoms with Gasteiger partial charge in [-0.25, -0.2) is 0 Å². The molecule has 1 fully saturated rings. The third-order valence-electron chi connectivity index (χ3n) is 3.91. The highest BCUT2D eigenvalue weighted by molar-refractivity contribution is 9.10. The second-order valence-corrected chi connectivity index (χ2v) is 8.08.